The van der Waals surface area contributed by atoms with Crippen molar-refractivity contribution >= 4 is 42.4 Å². The van der Waals surface area contributed by atoms with Crippen molar-refractivity contribution in [3.63, 3.8) is 0 Å². The second kappa shape index (κ2) is 11.4. The molecule has 3 nitrogen and oxygen atoms in total. The minimum atomic E-state index is 0.696. The van der Waals surface area contributed by atoms with Crippen molar-refractivity contribution in [2.75, 3.05) is 0 Å². The lowest BCUT2D eigenvalue weighted by atomic mass is 9.99. The van der Waals surface area contributed by atoms with E-state index < -0.39 is 0 Å². The van der Waals surface area contributed by atoms with Crippen LogP contribution in [0.5, 0.6) is 0 Å². The summed E-state index contributed by atoms with van der Waals surface area (Å²) >= 11 is 1.81. The highest BCUT2D eigenvalue weighted by Gasteiger charge is 2.18. The van der Waals surface area contributed by atoms with Gasteiger partial charge < -0.3 is 0 Å². The summed E-state index contributed by atoms with van der Waals surface area (Å²) in [5, 5.41) is 3.61. The van der Waals surface area contributed by atoms with Crippen molar-refractivity contribution in [1.29, 1.82) is 0 Å². The van der Waals surface area contributed by atoms with Crippen LogP contribution in [0.4, 0.5) is 0 Å². The Balaban J connectivity index is 1.23. The molecule has 0 aliphatic rings. The van der Waals surface area contributed by atoms with E-state index in [1.165, 1.54) is 20.2 Å². The highest BCUT2D eigenvalue weighted by molar-refractivity contribution is 7.26. The molecule has 0 radical (unpaired) electrons. The molecular formula is C43H27N3S. The van der Waals surface area contributed by atoms with E-state index in [9.17, 15) is 0 Å². The summed E-state index contributed by atoms with van der Waals surface area (Å²) < 4.78 is 2.49. The minimum Gasteiger partial charge on any atom is -0.248 e. The van der Waals surface area contributed by atoms with Gasteiger partial charge in [-0.1, -0.05) is 133 Å². The fraction of sp³-hybridized carbons (Fsp3) is 0. The molecule has 3 aromatic heterocycles. The van der Waals surface area contributed by atoms with Gasteiger partial charge in [0, 0.05) is 47.8 Å². The molecule has 3 heterocycles. The first kappa shape index (κ1) is 27.3. The number of aromatic nitrogens is 3. The summed E-state index contributed by atoms with van der Waals surface area (Å²) in [4.78, 5) is 15.7. The number of nitrogens with zero attached hydrogens (tertiary/aromatic N) is 3. The topological polar surface area (TPSA) is 38.7 Å². The van der Waals surface area contributed by atoms with Crippen LogP contribution in [0.25, 0.3) is 87.4 Å². The fourth-order valence-electron chi connectivity index (χ4n) is 6.39. The molecule has 9 rings (SSSR count). The predicted octanol–water partition coefficient (Wildman–Crippen LogP) is 11.7. The molecule has 4 heteroatoms. The number of pyridine rings is 1. The van der Waals surface area contributed by atoms with E-state index in [2.05, 4.69) is 146 Å². The van der Waals surface area contributed by atoms with Crippen LogP contribution in [0.1, 0.15) is 0 Å². The van der Waals surface area contributed by atoms with E-state index in [4.69, 9.17) is 15.0 Å². The third kappa shape index (κ3) is 4.96. The van der Waals surface area contributed by atoms with Crippen molar-refractivity contribution in [2.24, 2.45) is 0 Å². The highest BCUT2D eigenvalue weighted by Crippen LogP contribution is 2.42. The van der Waals surface area contributed by atoms with E-state index in [1.807, 2.05) is 29.5 Å². The monoisotopic (exact) mass is 617 g/mol. The summed E-state index contributed by atoms with van der Waals surface area (Å²) in [7, 11) is 0. The largest absolute Gasteiger partial charge is 0.248 e. The third-order valence-corrected chi connectivity index (χ3v) is 9.88. The number of thiophene rings is 1. The first-order chi connectivity index (χ1) is 23.3. The Morgan fingerprint density at radius 1 is 0.383 bits per heavy atom. The summed E-state index contributed by atoms with van der Waals surface area (Å²) in [6.07, 6.45) is 0. The molecule has 0 bridgehead atoms. The number of hydrogen-bond donors (Lipinski definition) is 0. The zero-order valence-electron chi connectivity index (χ0n) is 25.3. The molecule has 0 spiro atoms. The normalized spacial score (nSPS) is 11.4. The van der Waals surface area contributed by atoms with Crippen molar-refractivity contribution in [3.8, 4) is 56.3 Å². The van der Waals surface area contributed by atoms with Gasteiger partial charge in [0.15, 0.2) is 5.82 Å². The minimum absolute atomic E-state index is 0.696. The number of fused-ring (bicyclic) bond motifs is 5. The van der Waals surface area contributed by atoms with Crippen LogP contribution in [0, 0.1) is 0 Å². The highest BCUT2D eigenvalue weighted by atomic mass is 32.1. The van der Waals surface area contributed by atoms with E-state index >= 15 is 0 Å². The third-order valence-electron chi connectivity index (χ3n) is 8.67. The lowest BCUT2D eigenvalue weighted by molar-refractivity contribution is 1.23. The molecule has 0 atom stereocenters. The summed E-state index contributed by atoms with van der Waals surface area (Å²) in [6, 6.07) is 57.1. The van der Waals surface area contributed by atoms with Gasteiger partial charge in [0.2, 0.25) is 0 Å². The molecule has 0 N–H and O–H groups in total. The first-order valence-corrected chi connectivity index (χ1v) is 16.5. The Morgan fingerprint density at radius 2 is 1.00 bits per heavy atom. The van der Waals surface area contributed by atoms with Crippen LogP contribution in [-0.2, 0) is 0 Å². The van der Waals surface area contributed by atoms with Crippen LogP contribution in [0.3, 0.4) is 0 Å². The Labute approximate surface area is 276 Å². The second-order valence-electron chi connectivity index (χ2n) is 11.6. The molecule has 6 aromatic carbocycles. The number of hydrogen-bond acceptors (Lipinski definition) is 4. The molecular weight excluding hydrogens is 591 g/mol. The quantitative estimate of drug-likeness (QED) is 0.193. The SMILES string of the molecule is c1ccc(-c2cc(-c3ccccc3)nc(-c3cccc(-c4nc(-c5ccccc5)c5c(ccc6c7ccccc7sc65)n4)c3)c2)cc1. The first-order valence-electron chi connectivity index (χ1n) is 15.7. The fourth-order valence-corrected chi connectivity index (χ4v) is 7.63. The van der Waals surface area contributed by atoms with Crippen molar-refractivity contribution in [2.45, 2.75) is 0 Å². The Morgan fingerprint density at radius 3 is 1.77 bits per heavy atom. The van der Waals surface area contributed by atoms with Gasteiger partial charge in [-0.05, 0) is 41.5 Å². The van der Waals surface area contributed by atoms with Crippen molar-refractivity contribution in [3.05, 3.63) is 164 Å². The average molecular weight is 618 g/mol. The van der Waals surface area contributed by atoms with Crippen molar-refractivity contribution in [1.82, 2.24) is 15.0 Å². The van der Waals surface area contributed by atoms with Crippen LogP contribution in [0.15, 0.2) is 164 Å². The maximum atomic E-state index is 5.30. The molecule has 47 heavy (non-hydrogen) atoms. The van der Waals surface area contributed by atoms with Gasteiger partial charge in [0.1, 0.15) is 0 Å². The van der Waals surface area contributed by atoms with Gasteiger partial charge in [0.25, 0.3) is 0 Å². The Kier molecular flexibility index (Phi) is 6.65. The van der Waals surface area contributed by atoms with E-state index in [-0.39, 0.29) is 0 Å². The van der Waals surface area contributed by atoms with Gasteiger partial charge in [-0.3, -0.25) is 0 Å². The molecule has 9 aromatic rings. The Bertz CT molecular complexity index is 2500. The predicted molar refractivity (Wildman–Crippen MR) is 197 cm³/mol. The summed E-state index contributed by atoms with van der Waals surface area (Å²) in [5.41, 5.74) is 10.1. The van der Waals surface area contributed by atoms with Gasteiger partial charge in [0.05, 0.1) is 22.6 Å². The molecule has 0 fully saturated rings. The molecule has 220 valence electrons. The van der Waals surface area contributed by atoms with Crippen LogP contribution < -0.4 is 0 Å². The zero-order valence-corrected chi connectivity index (χ0v) is 26.2. The van der Waals surface area contributed by atoms with Crippen LogP contribution >= 0.6 is 11.3 Å². The zero-order chi connectivity index (χ0) is 31.2. The molecule has 0 saturated heterocycles. The maximum absolute atomic E-state index is 5.30. The van der Waals surface area contributed by atoms with E-state index in [0.29, 0.717) is 5.82 Å². The maximum Gasteiger partial charge on any atom is 0.160 e. The molecule has 0 amide bonds. The number of rotatable bonds is 5. The summed E-state index contributed by atoms with van der Waals surface area (Å²) in [5.74, 6) is 0.696. The van der Waals surface area contributed by atoms with Crippen LogP contribution in [-0.4, -0.2) is 15.0 Å². The standard InChI is InChI=1S/C43H27N3S/c1-4-13-28(14-5-1)33-26-37(29-15-6-2-7-16-29)44-38(27-33)31-19-12-20-32(25-31)43-45-36-24-23-35-34-21-10-11-22-39(34)47-42(35)40(36)41(46-43)30-17-8-3-9-18-30/h1-27H. The lowest BCUT2D eigenvalue weighted by Crippen LogP contribution is -1.96. The summed E-state index contributed by atoms with van der Waals surface area (Å²) in [6.45, 7) is 0. The second-order valence-corrected chi connectivity index (χ2v) is 12.7. The molecule has 0 aliphatic heterocycles. The van der Waals surface area contributed by atoms with Gasteiger partial charge >= 0.3 is 0 Å². The molecule has 0 saturated carbocycles. The number of benzene rings is 6. The lowest BCUT2D eigenvalue weighted by Gasteiger charge is -2.13. The molecule has 0 aliphatic carbocycles. The van der Waals surface area contributed by atoms with Gasteiger partial charge in [-0.15, -0.1) is 11.3 Å². The van der Waals surface area contributed by atoms with E-state index in [1.54, 1.807) is 0 Å². The van der Waals surface area contributed by atoms with Gasteiger partial charge in [-0.2, -0.15) is 0 Å². The molecule has 0 unspecified atom stereocenters. The Hall–Kier alpha value is -5.97. The average Bonchev–Trinajstić information content (AvgIpc) is 3.54. The van der Waals surface area contributed by atoms with E-state index in [0.717, 1.165) is 61.4 Å². The van der Waals surface area contributed by atoms with Crippen molar-refractivity contribution < 1.29 is 0 Å². The van der Waals surface area contributed by atoms with Crippen LogP contribution in [0.2, 0.25) is 0 Å². The van der Waals surface area contributed by atoms with Gasteiger partial charge in [-0.25, -0.2) is 15.0 Å². The smallest absolute Gasteiger partial charge is 0.160 e.